The molecule has 27 heavy (non-hydrogen) atoms. The third-order valence-corrected chi connectivity index (χ3v) is 3.63. The summed E-state index contributed by atoms with van der Waals surface area (Å²) in [5, 5.41) is 11.5. The Morgan fingerprint density at radius 3 is 2.30 bits per heavy atom. The minimum atomic E-state index is -0.683. The number of esters is 1. The van der Waals surface area contributed by atoms with Gasteiger partial charge in [0.25, 0.3) is 5.91 Å². The number of hydrogen-bond acceptors (Lipinski definition) is 5. The molecule has 0 aliphatic carbocycles. The first-order valence-corrected chi connectivity index (χ1v) is 8.05. The van der Waals surface area contributed by atoms with Gasteiger partial charge in [-0.15, -0.1) is 0 Å². The molecular formula is C19H19FN2O5. The van der Waals surface area contributed by atoms with Crippen LogP contribution in [0.1, 0.15) is 15.9 Å². The average Bonchev–Trinajstić information content (AvgIpc) is 2.67. The average molecular weight is 374 g/mol. The molecule has 0 aliphatic rings. The van der Waals surface area contributed by atoms with Crippen LogP contribution in [0.3, 0.4) is 0 Å². The standard InChI is InChI=1S/C19H19FN2O5/c1-22(10-17(24)21-16-8-6-15(20)7-9-16)18(25)12-27-19(26)14-4-2-13(11-23)3-5-14/h2-9,23H,10-12H2,1H3,(H,21,24). The van der Waals surface area contributed by atoms with E-state index in [0.29, 0.717) is 11.3 Å². The summed E-state index contributed by atoms with van der Waals surface area (Å²) in [5.41, 5.74) is 1.30. The predicted molar refractivity (Wildman–Crippen MR) is 95.3 cm³/mol. The van der Waals surface area contributed by atoms with Crippen molar-refractivity contribution >= 4 is 23.5 Å². The number of nitrogens with one attached hydrogen (secondary N) is 1. The zero-order valence-electron chi connectivity index (χ0n) is 14.6. The van der Waals surface area contributed by atoms with Crippen LogP contribution >= 0.6 is 0 Å². The van der Waals surface area contributed by atoms with Crippen molar-refractivity contribution in [1.29, 1.82) is 0 Å². The number of likely N-dealkylation sites (N-methyl/N-ethyl adjacent to an activating group) is 1. The van der Waals surface area contributed by atoms with E-state index in [1.807, 2.05) is 0 Å². The van der Waals surface area contributed by atoms with Gasteiger partial charge in [0.05, 0.1) is 18.7 Å². The third kappa shape index (κ3) is 6.19. The lowest BCUT2D eigenvalue weighted by Crippen LogP contribution is -2.37. The molecule has 0 aliphatic heterocycles. The van der Waals surface area contributed by atoms with E-state index < -0.39 is 30.2 Å². The topological polar surface area (TPSA) is 95.9 Å². The van der Waals surface area contributed by atoms with Crippen molar-refractivity contribution in [3.63, 3.8) is 0 Å². The molecule has 2 aromatic carbocycles. The van der Waals surface area contributed by atoms with E-state index in [-0.39, 0.29) is 18.7 Å². The van der Waals surface area contributed by atoms with Gasteiger partial charge in [-0.1, -0.05) is 12.1 Å². The second kappa shape index (κ2) is 9.44. The Hall–Kier alpha value is -3.26. The van der Waals surface area contributed by atoms with Crippen LogP contribution in [0.2, 0.25) is 0 Å². The summed E-state index contributed by atoms with van der Waals surface area (Å²) in [5.74, 6) is -2.13. The molecule has 0 unspecified atom stereocenters. The van der Waals surface area contributed by atoms with E-state index in [1.165, 1.54) is 43.4 Å². The summed E-state index contributed by atoms with van der Waals surface area (Å²) in [6, 6.07) is 11.3. The molecule has 2 amide bonds. The summed E-state index contributed by atoms with van der Waals surface area (Å²) < 4.78 is 17.8. The quantitative estimate of drug-likeness (QED) is 0.718. The number of ether oxygens (including phenoxy) is 1. The Labute approximate surface area is 155 Å². The largest absolute Gasteiger partial charge is 0.452 e. The number of hydrogen-bond donors (Lipinski definition) is 2. The Morgan fingerprint density at radius 2 is 1.70 bits per heavy atom. The summed E-state index contributed by atoms with van der Waals surface area (Å²) in [7, 11) is 1.40. The summed E-state index contributed by atoms with van der Waals surface area (Å²) in [4.78, 5) is 36.9. The number of halogens is 1. The molecule has 0 radical (unpaired) electrons. The number of benzene rings is 2. The van der Waals surface area contributed by atoms with E-state index >= 15 is 0 Å². The number of aliphatic hydroxyl groups excluding tert-OH is 1. The van der Waals surface area contributed by atoms with Crippen molar-refractivity contribution in [2.45, 2.75) is 6.61 Å². The molecular weight excluding hydrogens is 355 g/mol. The van der Waals surface area contributed by atoms with Crippen molar-refractivity contribution in [1.82, 2.24) is 4.90 Å². The Balaban J connectivity index is 1.79. The van der Waals surface area contributed by atoms with E-state index in [4.69, 9.17) is 9.84 Å². The van der Waals surface area contributed by atoms with Gasteiger partial charge in [0.2, 0.25) is 5.91 Å². The van der Waals surface area contributed by atoms with Gasteiger partial charge in [0.1, 0.15) is 5.82 Å². The van der Waals surface area contributed by atoms with Crippen LogP contribution in [0.15, 0.2) is 48.5 Å². The molecule has 7 nitrogen and oxygen atoms in total. The molecule has 0 heterocycles. The van der Waals surface area contributed by atoms with Crippen LogP contribution in [0.5, 0.6) is 0 Å². The van der Waals surface area contributed by atoms with Crippen LogP contribution in [0, 0.1) is 5.82 Å². The van der Waals surface area contributed by atoms with Crippen LogP contribution in [-0.4, -0.2) is 48.0 Å². The maximum atomic E-state index is 12.8. The Kier molecular flexibility index (Phi) is 7.01. The number of anilines is 1. The first-order chi connectivity index (χ1) is 12.9. The number of carbonyl (C=O) groups is 3. The molecule has 0 atom stereocenters. The first-order valence-electron chi connectivity index (χ1n) is 8.05. The molecule has 142 valence electrons. The zero-order chi connectivity index (χ0) is 19.8. The van der Waals surface area contributed by atoms with Crippen molar-refractivity contribution in [2.75, 3.05) is 25.5 Å². The fourth-order valence-electron chi connectivity index (χ4n) is 2.10. The van der Waals surface area contributed by atoms with Gasteiger partial charge < -0.3 is 20.1 Å². The van der Waals surface area contributed by atoms with Crippen LogP contribution < -0.4 is 5.32 Å². The van der Waals surface area contributed by atoms with Gasteiger partial charge in [-0.05, 0) is 42.0 Å². The lowest BCUT2D eigenvalue weighted by Gasteiger charge is -2.16. The lowest BCUT2D eigenvalue weighted by atomic mass is 10.1. The smallest absolute Gasteiger partial charge is 0.338 e. The molecule has 2 N–H and O–H groups in total. The fourth-order valence-corrected chi connectivity index (χ4v) is 2.10. The molecule has 2 rings (SSSR count). The maximum absolute atomic E-state index is 12.8. The van der Waals surface area contributed by atoms with Crippen molar-refractivity contribution in [3.05, 3.63) is 65.5 Å². The summed E-state index contributed by atoms with van der Waals surface area (Å²) in [6.07, 6.45) is 0. The molecule has 0 saturated heterocycles. The molecule has 8 heteroatoms. The van der Waals surface area contributed by atoms with E-state index in [2.05, 4.69) is 5.32 Å². The highest BCUT2D eigenvalue weighted by Gasteiger charge is 2.16. The lowest BCUT2D eigenvalue weighted by molar-refractivity contribution is -0.136. The second-order valence-electron chi connectivity index (χ2n) is 5.74. The highest BCUT2D eigenvalue weighted by Crippen LogP contribution is 2.08. The molecule has 0 fully saturated rings. The number of aliphatic hydroxyl groups is 1. The van der Waals surface area contributed by atoms with Gasteiger partial charge in [0.15, 0.2) is 6.61 Å². The Morgan fingerprint density at radius 1 is 1.07 bits per heavy atom. The highest BCUT2D eigenvalue weighted by atomic mass is 19.1. The van der Waals surface area contributed by atoms with Crippen molar-refractivity contribution in [3.8, 4) is 0 Å². The van der Waals surface area contributed by atoms with Gasteiger partial charge in [-0.3, -0.25) is 9.59 Å². The van der Waals surface area contributed by atoms with Crippen molar-refractivity contribution < 1.29 is 28.6 Å². The van der Waals surface area contributed by atoms with Gasteiger partial charge in [-0.25, -0.2) is 9.18 Å². The molecule has 0 spiro atoms. The van der Waals surface area contributed by atoms with Crippen LogP contribution in [-0.2, 0) is 20.9 Å². The van der Waals surface area contributed by atoms with Crippen molar-refractivity contribution in [2.24, 2.45) is 0 Å². The second-order valence-corrected chi connectivity index (χ2v) is 5.74. The third-order valence-electron chi connectivity index (χ3n) is 3.63. The normalized spacial score (nSPS) is 10.2. The fraction of sp³-hybridized carbons (Fsp3) is 0.211. The zero-order valence-corrected chi connectivity index (χ0v) is 14.6. The minimum Gasteiger partial charge on any atom is -0.452 e. The van der Waals surface area contributed by atoms with Crippen LogP contribution in [0.4, 0.5) is 10.1 Å². The molecule has 2 aromatic rings. The molecule has 0 aromatic heterocycles. The summed E-state index contributed by atoms with van der Waals surface area (Å²) in [6.45, 7) is -0.904. The van der Waals surface area contributed by atoms with Gasteiger partial charge >= 0.3 is 5.97 Å². The van der Waals surface area contributed by atoms with Crippen LogP contribution in [0.25, 0.3) is 0 Å². The van der Waals surface area contributed by atoms with E-state index in [9.17, 15) is 18.8 Å². The SMILES string of the molecule is CN(CC(=O)Nc1ccc(F)cc1)C(=O)COC(=O)c1ccc(CO)cc1. The minimum absolute atomic E-state index is 0.140. The number of carbonyl (C=O) groups excluding carboxylic acids is 3. The van der Waals surface area contributed by atoms with E-state index in [1.54, 1.807) is 12.1 Å². The van der Waals surface area contributed by atoms with Gasteiger partial charge in [-0.2, -0.15) is 0 Å². The molecule has 0 bridgehead atoms. The monoisotopic (exact) mass is 374 g/mol. The van der Waals surface area contributed by atoms with Gasteiger partial charge in [0, 0.05) is 12.7 Å². The first kappa shape index (κ1) is 20.1. The van der Waals surface area contributed by atoms with E-state index in [0.717, 1.165) is 4.90 Å². The number of rotatable bonds is 7. The predicted octanol–water partition coefficient (Wildman–Crippen LogP) is 1.57. The maximum Gasteiger partial charge on any atom is 0.338 e. The summed E-state index contributed by atoms with van der Waals surface area (Å²) >= 11 is 0. The Bertz CT molecular complexity index is 806. The number of amides is 2. The number of nitrogens with zero attached hydrogens (tertiary/aromatic N) is 1. The molecule has 0 saturated carbocycles. The highest BCUT2D eigenvalue weighted by molar-refractivity contribution is 5.95.